The Hall–Kier alpha value is -2.32. The third kappa shape index (κ3) is 3.03. The van der Waals surface area contributed by atoms with Crippen LogP contribution in [0.1, 0.15) is 36.6 Å². The molecular weight excluding hydrogens is 328 g/mol. The molecule has 0 aliphatic heterocycles. The number of hydrogen-bond acceptors (Lipinski definition) is 1. The van der Waals surface area contributed by atoms with Crippen LogP contribution in [0.5, 0.6) is 0 Å². The van der Waals surface area contributed by atoms with E-state index in [1.165, 1.54) is 27.6 Å². The van der Waals surface area contributed by atoms with Crippen LogP contribution in [0.3, 0.4) is 0 Å². The van der Waals surface area contributed by atoms with E-state index in [4.69, 9.17) is 11.6 Å². The van der Waals surface area contributed by atoms with E-state index in [1.54, 1.807) is 0 Å². The first-order valence-corrected chi connectivity index (χ1v) is 9.17. The largest absolute Gasteiger partial charge is 0.358 e. The molecule has 0 bridgehead atoms. The predicted molar refractivity (Wildman–Crippen MR) is 107 cm³/mol. The van der Waals surface area contributed by atoms with E-state index in [2.05, 4.69) is 60.2 Å². The Morgan fingerprint density at radius 3 is 2.80 bits per heavy atom. The summed E-state index contributed by atoms with van der Waals surface area (Å²) >= 11 is 6.35. The van der Waals surface area contributed by atoms with Crippen molar-refractivity contribution in [3.8, 4) is 0 Å². The molecule has 2 aromatic carbocycles. The number of nitrogens with one attached hydrogen (secondary N) is 1. The number of rotatable bonds is 4. The highest BCUT2D eigenvalue weighted by atomic mass is 35.5. The molecule has 0 radical (unpaired) electrons. The van der Waals surface area contributed by atoms with Gasteiger partial charge in [0.2, 0.25) is 0 Å². The Morgan fingerprint density at radius 2 is 1.96 bits per heavy atom. The summed E-state index contributed by atoms with van der Waals surface area (Å²) in [6, 6.07) is 17.0. The van der Waals surface area contributed by atoms with E-state index < -0.39 is 0 Å². The minimum Gasteiger partial charge on any atom is -0.358 e. The fourth-order valence-electron chi connectivity index (χ4n) is 3.63. The summed E-state index contributed by atoms with van der Waals surface area (Å²) in [6.07, 6.45) is 3.82. The zero-order valence-corrected chi connectivity index (χ0v) is 15.3. The Balaban J connectivity index is 1.68. The van der Waals surface area contributed by atoms with Gasteiger partial charge in [0.05, 0.1) is 5.52 Å². The van der Waals surface area contributed by atoms with Crippen LogP contribution in [0.4, 0.5) is 0 Å². The number of aryl methyl sites for hydroxylation is 1. The smallest absolute Gasteiger partial charge is 0.0704 e. The molecule has 0 spiro atoms. The van der Waals surface area contributed by atoms with Crippen molar-refractivity contribution in [3.63, 3.8) is 0 Å². The van der Waals surface area contributed by atoms with Gasteiger partial charge in [0.15, 0.2) is 0 Å². The quantitative estimate of drug-likeness (QED) is 0.462. The molecule has 0 saturated carbocycles. The molecule has 0 aliphatic rings. The highest BCUT2D eigenvalue weighted by molar-refractivity contribution is 6.32. The Labute approximate surface area is 152 Å². The Kier molecular flexibility index (Phi) is 4.22. The molecule has 2 aromatic heterocycles. The van der Waals surface area contributed by atoms with Gasteiger partial charge in [0.25, 0.3) is 0 Å². The fraction of sp³-hybridized carbons (Fsp3) is 0.227. The molecule has 0 saturated heterocycles. The van der Waals surface area contributed by atoms with Crippen molar-refractivity contribution in [3.05, 3.63) is 76.6 Å². The van der Waals surface area contributed by atoms with Crippen LogP contribution < -0.4 is 0 Å². The standard InChI is InChI=1S/C22H21ClN2/c1-3-15-11-16-12-17(25-22(16)13-20(15)23)10-14(2)18-8-9-24-21-7-5-4-6-19(18)21/h4-9,11-14,25H,3,10H2,1-2H3. The van der Waals surface area contributed by atoms with Crippen LogP contribution >= 0.6 is 11.6 Å². The monoisotopic (exact) mass is 348 g/mol. The van der Waals surface area contributed by atoms with Crippen molar-refractivity contribution >= 4 is 33.4 Å². The van der Waals surface area contributed by atoms with E-state index in [9.17, 15) is 0 Å². The molecular formula is C22H21ClN2. The van der Waals surface area contributed by atoms with Gasteiger partial charge < -0.3 is 4.98 Å². The van der Waals surface area contributed by atoms with Gasteiger partial charge in [-0.15, -0.1) is 0 Å². The van der Waals surface area contributed by atoms with Crippen molar-refractivity contribution in [2.75, 3.05) is 0 Å². The molecule has 2 heterocycles. The van der Waals surface area contributed by atoms with Crippen LogP contribution in [-0.4, -0.2) is 9.97 Å². The molecule has 25 heavy (non-hydrogen) atoms. The van der Waals surface area contributed by atoms with Crippen molar-refractivity contribution in [2.45, 2.75) is 32.6 Å². The third-order valence-corrected chi connectivity index (χ3v) is 5.32. The summed E-state index contributed by atoms with van der Waals surface area (Å²) in [5, 5.41) is 3.32. The number of H-pyrrole nitrogens is 1. The van der Waals surface area contributed by atoms with Gasteiger partial charge in [-0.25, -0.2) is 0 Å². The lowest BCUT2D eigenvalue weighted by Gasteiger charge is -2.13. The molecule has 0 amide bonds. The number of hydrogen-bond donors (Lipinski definition) is 1. The van der Waals surface area contributed by atoms with E-state index in [0.29, 0.717) is 5.92 Å². The number of halogens is 1. The average Bonchev–Trinajstić information content (AvgIpc) is 3.01. The van der Waals surface area contributed by atoms with Crippen LogP contribution in [-0.2, 0) is 12.8 Å². The highest BCUT2D eigenvalue weighted by Gasteiger charge is 2.13. The number of benzene rings is 2. The highest BCUT2D eigenvalue weighted by Crippen LogP contribution is 2.29. The van der Waals surface area contributed by atoms with Gasteiger partial charge in [-0.05, 0) is 60.2 Å². The first kappa shape index (κ1) is 16.2. The van der Waals surface area contributed by atoms with Gasteiger partial charge >= 0.3 is 0 Å². The zero-order chi connectivity index (χ0) is 17.4. The lowest BCUT2D eigenvalue weighted by atomic mass is 9.93. The van der Waals surface area contributed by atoms with E-state index in [0.717, 1.165) is 28.9 Å². The molecule has 0 aliphatic carbocycles. The average molecular weight is 349 g/mol. The molecule has 4 rings (SSSR count). The molecule has 1 N–H and O–H groups in total. The molecule has 1 unspecified atom stereocenters. The number of aromatic nitrogens is 2. The summed E-state index contributed by atoms with van der Waals surface area (Å²) in [7, 11) is 0. The topological polar surface area (TPSA) is 28.7 Å². The van der Waals surface area contributed by atoms with Gasteiger partial charge in [0.1, 0.15) is 0 Å². The number of nitrogens with zero attached hydrogens (tertiary/aromatic N) is 1. The lowest BCUT2D eigenvalue weighted by Crippen LogP contribution is -2.00. The van der Waals surface area contributed by atoms with Crippen molar-refractivity contribution < 1.29 is 0 Å². The van der Waals surface area contributed by atoms with Gasteiger partial charge in [-0.3, -0.25) is 4.98 Å². The lowest BCUT2D eigenvalue weighted by molar-refractivity contribution is 0.752. The fourth-order valence-corrected chi connectivity index (χ4v) is 3.93. The third-order valence-electron chi connectivity index (χ3n) is 4.96. The minimum atomic E-state index is 0.405. The van der Waals surface area contributed by atoms with Crippen molar-refractivity contribution in [1.29, 1.82) is 0 Å². The second-order valence-electron chi connectivity index (χ2n) is 6.70. The number of fused-ring (bicyclic) bond motifs is 2. The summed E-state index contributed by atoms with van der Waals surface area (Å²) in [6.45, 7) is 4.41. The molecule has 2 nitrogen and oxygen atoms in total. The van der Waals surface area contributed by atoms with Crippen molar-refractivity contribution in [2.24, 2.45) is 0 Å². The minimum absolute atomic E-state index is 0.405. The molecule has 4 aromatic rings. The summed E-state index contributed by atoms with van der Waals surface area (Å²) in [5.41, 5.74) is 5.96. The molecule has 3 heteroatoms. The summed E-state index contributed by atoms with van der Waals surface area (Å²) in [4.78, 5) is 8.01. The summed E-state index contributed by atoms with van der Waals surface area (Å²) in [5.74, 6) is 0.405. The van der Waals surface area contributed by atoms with Crippen LogP contribution in [0, 0.1) is 0 Å². The van der Waals surface area contributed by atoms with E-state index in [1.807, 2.05) is 18.3 Å². The van der Waals surface area contributed by atoms with E-state index >= 15 is 0 Å². The zero-order valence-electron chi connectivity index (χ0n) is 14.5. The molecule has 1 atom stereocenters. The molecule has 0 fully saturated rings. The van der Waals surface area contributed by atoms with Crippen LogP contribution in [0.25, 0.3) is 21.8 Å². The van der Waals surface area contributed by atoms with Crippen LogP contribution in [0.15, 0.2) is 54.7 Å². The first-order valence-electron chi connectivity index (χ1n) is 8.79. The maximum atomic E-state index is 6.35. The maximum absolute atomic E-state index is 6.35. The SMILES string of the molecule is CCc1cc2cc(CC(C)c3ccnc4ccccc34)[nH]c2cc1Cl. The van der Waals surface area contributed by atoms with Gasteiger partial charge in [-0.2, -0.15) is 0 Å². The maximum Gasteiger partial charge on any atom is 0.0704 e. The Morgan fingerprint density at radius 1 is 1.12 bits per heavy atom. The predicted octanol–water partition coefficient (Wildman–Crippen LogP) is 6.28. The summed E-state index contributed by atoms with van der Waals surface area (Å²) < 4.78 is 0. The van der Waals surface area contributed by atoms with Crippen LogP contribution in [0.2, 0.25) is 5.02 Å². The second kappa shape index (κ2) is 6.53. The number of aromatic amines is 1. The van der Waals surface area contributed by atoms with Crippen molar-refractivity contribution in [1.82, 2.24) is 9.97 Å². The molecule has 126 valence electrons. The van der Waals surface area contributed by atoms with Gasteiger partial charge in [-0.1, -0.05) is 43.6 Å². The van der Waals surface area contributed by atoms with Gasteiger partial charge in [0, 0.05) is 33.2 Å². The second-order valence-corrected chi connectivity index (χ2v) is 7.11. The normalized spacial score (nSPS) is 12.8. The van der Waals surface area contributed by atoms with E-state index in [-0.39, 0.29) is 0 Å². The Bertz CT molecular complexity index is 1040. The number of para-hydroxylation sites is 1. The number of pyridine rings is 1. The first-order chi connectivity index (χ1) is 12.2.